The lowest BCUT2D eigenvalue weighted by molar-refractivity contribution is 0.593. The van der Waals surface area contributed by atoms with Crippen LogP contribution in [-0.4, -0.2) is 40.9 Å². The predicted molar refractivity (Wildman–Crippen MR) is 130 cm³/mol. The molecule has 0 aliphatic carbocycles. The lowest BCUT2D eigenvalue weighted by Gasteiger charge is -2.16. The van der Waals surface area contributed by atoms with Gasteiger partial charge in [-0.2, -0.15) is 0 Å². The summed E-state index contributed by atoms with van der Waals surface area (Å²) >= 11 is 0. The van der Waals surface area contributed by atoms with Crippen molar-refractivity contribution in [1.29, 1.82) is 0 Å². The Hall–Kier alpha value is -1.64. The van der Waals surface area contributed by atoms with Gasteiger partial charge in [0.2, 0.25) is 0 Å². The van der Waals surface area contributed by atoms with Gasteiger partial charge in [0.25, 0.3) is 0 Å². The van der Waals surface area contributed by atoms with Crippen molar-refractivity contribution in [3.05, 3.63) is 47.0 Å². The lowest BCUT2D eigenvalue weighted by atomic mass is 10.0. The molecule has 1 aromatic carbocycles. The van der Waals surface area contributed by atoms with E-state index >= 15 is 0 Å². The topological polar surface area (TPSA) is 67.1 Å². The number of halogens is 1. The smallest absolute Gasteiger partial charge is 0.190 e. The Morgan fingerprint density at radius 2 is 1.93 bits per heavy atom. The monoisotopic (exact) mass is 510 g/mol. The highest BCUT2D eigenvalue weighted by atomic mass is 127. The zero-order valence-electron chi connectivity index (χ0n) is 17.9. The van der Waals surface area contributed by atoms with Crippen molar-refractivity contribution in [3.63, 3.8) is 0 Å². The van der Waals surface area contributed by atoms with Gasteiger partial charge in [-0.15, -0.1) is 34.2 Å². The van der Waals surface area contributed by atoms with E-state index in [4.69, 9.17) is 0 Å². The molecule has 1 aromatic heterocycles. The van der Waals surface area contributed by atoms with Crippen LogP contribution in [0.2, 0.25) is 0 Å². The first-order valence-corrected chi connectivity index (χ1v) is 10.6. The average Bonchev–Trinajstić information content (AvgIpc) is 2.94. The molecule has 0 amide bonds. The minimum Gasteiger partial charge on any atom is -0.356 e. The van der Waals surface area contributed by atoms with E-state index < -0.39 is 0 Å². The molecule has 0 radical (unpaired) electrons. The van der Waals surface area contributed by atoms with E-state index in [1.54, 1.807) is 0 Å². The fraction of sp³-hybridized carbons (Fsp3) is 0.591. The van der Waals surface area contributed by atoms with Crippen molar-refractivity contribution >= 4 is 29.9 Å². The van der Waals surface area contributed by atoms with Crippen molar-refractivity contribution in [3.8, 4) is 0 Å². The van der Waals surface area contributed by atoms with Crippen molar-refractivity contribution in [2.75, 3.05) is 20.1 Å². The van der Waals surface area contributed by atoms with Gasteiger partial charge >= 0.3 is 0 Å². The normalized spacial score (nSPS) is 15.1. The van der Waals surface area contributed by atoms with Crippen LogP contribution in [0.4, 0.5) is 0 Å². The third-order valence-electron chi connectivity index (χ3n) is 5.50. The van der Waals surface area contributed by atoms with Crippen LogP contribution in [0.5, 0.6) is 0 Å². The zero-order valence-corrected chi connectivity index (χ0v) is 20.3. The third-order valence-corrected chi connectivity index (χ3v) is 5.50. The predicted octanol–water partition coefficient (Wildman–Crippen LogP) is 3.83. The Labute approximate surface area is 192 Å². The maximum Gasteiger partial charge on any atom is 0.190 e. The summed E-state index contributed by atoms with van der Waals surface area (Å²) in [6.07, 6.45) is 6.83. The summed E-state index contributed by atoms with van der Waals surface area (Å²) < 4.78 is 2.34. The molecule has 0 fully saturated rings. The highest BCUT2D eigenvalue weighted by Crippen LogP contribution is 2.16. The number of guanidine groups is 1. The van der Waals surface area contributed by atoms with Gasteiger partial charge in [-0.3, -0.25) is 4.99 Å². The van der Waals surface area contributed by atoms with Crippen LogP contribution in [0.3, 0.4) is 0 Å². The van der Waals surface area contributed by atoms with E-state index in [9.17, 15) is 0 Å². The Bertz CT molecular complexity index is 768. The minimum atomic E-state index is 0. The lowest BCUT2D eigenvalue weighted by Crippen LogP contribution is -2.39. The van der Waals surface area contributed by atoms with E-state index in [2.05, 4.69) is 68.5 Å². The maximum absolute atomic E-state index is 4.41. The first-order valence-electron chi connectivity index (χ1n) is 10.6. The molecular weight excluding hydrogens is 475 g/mol. The molecule has 3 rings (SSSR count). The number of nitrogens with zero attached hydrogens (tertiary/aromatic N) is 4. The van der Waals surface area contributed by atoms with Gasteiger partial charge in [0.05, 0.1) is 0 Å². The van der Waals surface area contributed by atoms with Gasteiger partial charge < -0.3 is 15.2 Å². The van der Waals surface area contributed by atoms with Crippen LogP contribution in [0.15, 0.2) is 29.3 Å². The van der Waals surface area contributed by atoms with Gasteiger partial charge in [-0.05, 0) is 37.7 Å². The quantitative estimate of drug-likeness (QED) is 0.257. The number of rotatable bonds is 7. The zero-order chi connectivity index (χ0) is 19.8. The summed E-state index contributed by atoms with van der Waals surface area (Å²) in [4.78, 5) is 4.35. The second kappa shape index (κ2) is 12.1. The highest BCUT2D eigenvalue weighted by Gasteiger charge is 2.14. The molecule has 0 saturated heterocycles. The number of benzene rings is 1. The molecule has 0 spiro atoms. The molecule has 160 valence electrons. The molecule has 0 saturated carbocycles. The molecule has 1 atom stereocenters. The Morgan fingerprint density at radius 3 is 2.69 bits per heavy atom. The number of aromatic nitrogens is 3. The first kappa shape index (κ1) is 23.6. The number of aliphatic imine (C=N–C) groups is 1. The van der Waals surface area contributed by atoms with Crippen molar-refractivity contribution in [2.45, 2.75) is 64.8 Å². The second-order valence-electron chi connectivity index (χ2n) is 7.79. The van der Waals surface area contributed by atoms with E-state index in [0.717, 1.165) is 50.7 Å². The van der Waals surface area contributed by atoms with Gasteiger partial charge in [0.1, 0.15) is 11.6 Å². The first-order chi connectivity index (χ1) is 13.7. The molecule has 2 N–H and O–H groups in total. The molecule has 1 aliphatic rings. The highest BCUT2D eigenvalue weighted by molar-refractivity contribution is 14.0. The third kappa shape index (κ3) is 6.97. The van der Waals surface area contributed by atoms with Crippen LogP contribution < -0.4 is 10.6 Å². The summed E-state index contributed by atoms with van der Waals surface area (Å²) in [7, 11) is 1.82. The Morgan fingerprint density at radius 1 is 1.14 bits per heavy atom. The SMILES string of the molecule is CN=C(NCCCc1nnc2n1CCCCC2)NCC(C)c1ccc(C)cc1.I. The maximum atomic E-state index is 4.41. The fourth-order valence-electron chi connectivity index (χ4n) is 3.67. The van der Waals surface area contributed by atoms with E-state index in [-0.39, 0.29) is 24.0 Å². The second-order valence-corrected chi connectivity index (χ2v) is 7.79. The van der Waals surface area contributed by atoms with Gasteiger partial charge in [0, 0.05) is 39.5 Å². The molecule has 1 unspecified atom stereocenters. The van der Waals surface area contributed by atoms with E-state index in [1.165, 1.54) is 36.2 Å². The number of hydrogen-bond donors (Lipinski definition) is 2. The summed E-state index contributed by atoms with van der Waals surface area (Å²) in [6, 6.07) is 8.76. The summed E-state index contributed by atoms with van der Waals surface area (Å²) in [5.41, 5.74) is 2.65. The number of fused-ring (bicyclic) bond motifs is 1. The summed E-state index contributed by atoms with van der Waals surface area (Å²) in [6.45, 7) is 7.17. The molecule has 1 aliphatic heterocycles. The van der Waals surface area contributed by atoms with Crippen LogP contribution in [0.25, 0.3) is 0 Å². The Kier molecular flexibility index (Phi) is 9.90. The molecule has 2 aromatic rings. The number of nitrogens with one attached hydrogen (secondary N) is 2. The van der Waals surface area contributed by atoms with Crippen LogP contribution in [0, 0.1) is 6.92 Å². The number of hydrogen-bond acceptors (Lipinski definition) is 3. The summed E-state index contributed by atoms with van der Waals surface area (Å²) in [5, 5.41) is 15.7. The fourth-order valence-corrected chi connectivity index (χ4v) is 3.67. The average molecular weight is 510 g/mol. The number of aryl methyl sites for hydroxylation is 3. The standard InChI is InChI=1S/C22H34N6.HI/c1-17-10-12-19(13-11-17)18(2)16-25-22(23-3)24-14-7-9-21-27-26-20-8-5-4-6-15-28(20)21;/h10-13,18H,4-9,14-16H2,1-3H3,(H2,23,24,25);1H. The summed E-state index contributed by atoms with van der Waals surface area (Å²) in [5.74, 6) is 3.60. The van der Waals surface area contributed by atoms with Crippen molar-refractivity contribution in [2.24, 2.45) is 4.99 Å². The molecule has 7 heteroatoms. The van der Waals surface area contributed by atoms with E-state index in [0.29, 0.717) is 5.92 Å². The van der Waals surface area contributed by atoms with Crippen LogP contribution in [-0.2, 0) is 19.4 Å². The van der Waals surface area contributed by atoms with Gasteiger partial charge in [0.15, 0.2) is 5.96 Å². The molecule has 29 heavy (non-hydrogen) atoms. The molecular formula is C22H35IN6. The van der Waals surface area contributed by atoms with Gasteiger partial charge in [-0.1, -0.05) is 43.2 Å². The van der Waals surface area contributed by atoms with Crippen molar-refractivity contribution in [1.82, 2.24) is 25.4 Å². The molecule has 6 nitrogen and oxygen atoms in total. The van der Waals surface area contributed by atoms with E-state index in [1.807, 2.05) is 7.05 Å². The van der Waals surface area contributed by atoms with Gasteiger partial charge in [-0.25, -0.2) is 0 Å². The minimum absolute atomic E-state index is 0. The molecule has 0 bridgehead atoms. The van der Waals surface area contributed by atoms with Crippen LogP contribution >= 0.6 is 24.0 Å². The largest absolute Gasteiger partial charge is 0.356 e. The Balaban J connectivity index is 0.00000300. The molecule has 2 heterocycles. The van der Waals surface area contributed by atoms with Crippen molar-refractivity contribution < 1.29 is 0 Å². The van der Waals surface area contributed by atoms with Crippen LogP contribution in [0.1, 0.15) is 61.3 Å².